The number of hydrogen-bond acceptors (Lipinski definition) is 3. The van der Waals surface area contributed by atoms with Crippen molar-refractivity contribution >= 4 is 28.2 Å². The van der Waals surface area contributed by atoms with Crippen molar-refractivity contribution in [3.8, 4) is 33.7 Å². The SMILES string of the molecule is CC1(C)c2ccccc2-c2ccc(N(c3ccc4c(c3)C(C)(C)c3ccccc3-4)c3ccc4nc(-c5ccccc5)oc4c3)cc21. The molecular formula is C43H34N2O. The van der Waals surface area contributed by atoms with Crippen LogP contribution in [0.4, 0.5) is 17.1 Å². The van der Waals surface area contributed by atoms with Crippen LogP contribution in [0, 0.1) is 0 Å². The van der Waals surface area contributed by atoms with Gasteiger partial charge in [0.15, 0.2) is 5.58 Å². The lowest BCUT2D eigenvalue weighted by atomic mass is 9.82. The molecule has 0 aliphatic heterocycles. The molecule has 0 radical (unpaired) electrons. The molecule has 222 valence electrons. The third kappa shape index (κ3) is 3.81. The molecule has 3 nitrogen and oxygen atoms in total. The van der Waals surface area contributed by atoms with Crippen molar-refractivity contribution in [1.29, 1.82) is 0 Å². The summed E-state index contributed by atoms with van der Waals surface area (Å²) in [7, 11) is 0. The molecule has 1 heterocycles. The first kappa shape index (κ1) is 26.9. The summed E-state index contributed by atoms with van der Waals surface area (Å²) >= 11 is 0. The van der Waals surface area contributed by atoms with Gasteiger partial charge in [-0.05, 0) is 93.0 Å². The largest absolute Gasteiger partial charge is 0.436 e. The quantitative estimate of drug-likeness (QED) is 0.203. The van der Waals surface area contributed by atoms with E-state index in [9.17, 15) is 0 Å². The van der Waals surface area contributed by atoms with E-state index in [-0.39, 0.29) is 10.8 Å². The van der Waals surface area contributed by atoms with E-state index in [1.165, 1.54) is 44.5 Å². The van der Waals surface area contributed by atoms with Gasteiger partial charge in [-0.25, -0.2) is 4.98 Å². The number of aromatic nitrogens is 1. The molecule has 0 atom stereocenters. The maximum Gasteiger partial charge on any atom is 0.227 e. The van der Waals surface area contributed by atoms with Gasteiger partial charge >= 0.3 is 0 Å². The van der Waals surface area contributed by atoms with E-state index in [1.807, 2.05) is 30.3 Å². The molecule has 2 aliphatic carbocycles. The maximum absolute atomic E-state index is 6.38. The van der Waals surface area contributed by atoms with Crippen LogP contribution in [0.15, 0.2) is 138 Å². The summed E-state index contributed by atoms with van der Waals surface area (Å²) in [6.45, 7) is 9.36. The number of nitrogens with zero attached hydrogens (tertiary/aromatic N) is 2. The highest BCUT2D eigenvalue weighted by molar-refractivity contribution is 5.90. The van der Waals surface area contributed by atoms with Crippen LogP contribution in [0.2, 0.25) is 0 Å². The van der Waals surface area contributed by atoms with E-state index >= 15 is 0 Å². The normalized spacial score (nSPS) is 14.9. The molecule has 0 bridgehead atoms. The van der Waals surface area contributed by atoms with E-state index in [0.717, 1.165) is 33.7 Å². The summed E-state index contributed by atoms with van der Waals surface area (Å²) in [6.07, 6.45) is 0. The second kappa shape index (κ2) is 9.55. The zero-order valence-corrected chi connectivity index (χ0v) is 26.5. The first-order chi connectivity index (χ1) is 22.3. The van der Waals surface area contributed by atoms with Gasteiger partial charge in [-0.2, -0.15) is 0 Å². The standard InChI is InChI=1S/C43H34N2O/c1-42(2)35-16-10-8-14-31(35)33-21-18-28(24-37(33)42)45(29-19-22-34-32-15-9-11-17-36(32)43(3,4)38(34)25-29)30-20-23-39-40(26-30)46-41(44-39)27-12-6-5-7-13-27/h5-26H,1-4H3. The minimum atomic E-state index is -0.103. The number of oxazole rings is 1. The minimum absolute atomic E-state index is 0.103. The van der Waals surface area contributed by atoms with Crippen molar-refractivity contribution in [3.63, 3.8) is 0 Å². The molecule has 0 spiro atoms. The monoisotopic (exact) mass is 594 g/mol. The van der Waals surface area contributed by atoms with Gasteiger partial charge in [-0.1, -0.05) is 107 Å². The van der Waals surface area contributed by atoms with Crippen molar-refractivity contribution in [1.82, 2.24) is 4.98 Å². The zero-order chi connectivity index (χ0) is 31.2. The molecule has 0 amide bonds. The van der Waals surface area contributed by atoms with Crippen LogP contribution >= 0.6 is 0 Å². The lowest BCUT2D eigenvalue weighted by Crippen LogP contribution is -2.18. The van der Waals surface area contributed by atoms with Crippen molar-refractivity contribution in [3.05, 3.63) is 156 Å². The third-order valence-corrected chi connectivity index (χ3v) is 10.3. The van der Waals surface area contributed by atoms with Gasteiger partial charge in [0.05, 0.1) is 0 Å². The molecule has 3 heteroatoms. The van der Waals surface area contributed by atoms with Gasteiger partial charge in [-0.15, -0.1) is 0 Å². The van der Waals surface area contributed by atoms with Crippen molar-refractivity contribution in [2.45, 2.75) is 38.5 Å². The summed E-state index contributed by atoms with van der Waals surface area (Å²) in [5.74, 6) is 0.633. The number of rotatable bonds is 4. The lowest BCUT2D eigenvalue weighted by molar-refractivity contribution is 0.620. The van der Waals surface area contributed by atoms with Crippen molar-refractivity contribution in [2.75, 3.05) is 4.90 Å². The van der Waals surface area contributed by atoms with Crippen LogP contribution in [0.5, 0.6) is 0 Å². The molecule has 0 saturated heterocycles. The number of benzene rings is 6. The smallest absolute Gasteiger partial charge is 0.227 e. The molecule has 0 fully saturated rings. The summed E-state index contributed by atoms with van der Waals surface area (Å²) < 4.78 is 6.38. The molecule has 9 rings (SSSR count). The number of fused-ring (bicyclic) bond motifs is 7. The van der Waals surface area contributed by atoms with E-state index in [0.29, 0.717) is 5.89 Å². The fourth-order valence-electron chi connectivity index (χ4n) is 7.87. The molecular weight excluding hydrogens is 560 g/mol. The third-order valence-electron chi connectivity index (χ3n) is 10.3. The topological polar surface area (TPSA) is 29.3 Å². The fourth-order valence-corrected chi connectivity index (χ4v) is 7.87. The first-order valence-corrected chi connectivity index (χ1v) is 16.1. The molecule has 0 unspecified atom stereocenters. The van der Waals surface area contributed by atoms with Crippen molar-refractivity contribution in [2.24, 2.45) is 0 Å². The van der Waals surface area contributed by atoms with Crippen LogP contribution < -0.4 is 4.90 Å². The molecule has 0 N–H and O–H groups in total. The van der Waals surface area contributed by atoms with E-state index < -0.39 is 0 Å². The Bertz CT molecular complexity index is 2220. The van der Waals surface area contributed by atoms with E-state index in [4.69, 9.17) is 9.40 Å². The Kier molecular flexibility index (Phi) is 5.59. The molecule has 6 aromatic carbocycles. The van der Waals surface area contributed by atoms with Crippen LogP contribution in [0.3, 0.4) is 0 Å². The Morgan fingerprint density at radius 2 is 0.957 bits per heavy atom. The lowest BCUT2D eigenvalue weighted by Gasteiger charge is -2.29. The Morgan fingerprint density at radius 3 is 1.54 bits per heavy atom. The Morgan fingerprint density at radius 1 is 0.478 bits per heavy atom. The van der Waals surface area contributed by atoms with Crippen molar-refractivity contribution < 1.29 is 4.42 Å². The summed E-state index contributed by atoms with van der Waals surface area (Å²) in [5.41, 5.74) is 16.4. The van der Waals surface area contributed by atoms with Gasteiger partial charge in [0.1, 0.15) is 5.52 Å². The Labute approximate surface area is 269 Å². The highest BCUT2D eigenvalue weighted by Crippen LogP contribution is 2.53. The molecule has 2 aliphatic rings. The van der Waals surface area contributed by atoms with Crippen LogP contribution in [-0.4, -0.2) is 4.98 Å². The van der Waals surface area contributed by atoms with Gasteiger partial charge in [0.25, 0.3) is 0 Å². The summed E-state index contributed by atoms with van der Waals surface area (Å²) in [6, 6.07) is 48.1. The first-order valence-electron chi connectivity index (χ1n) is 16.1. The summed E-state index contributed by atoms with van der Waals surface area (Å²) in [4.78, 5) is 7.20. The number of hydrogen-bond donors (Lipinski definition) is 0. The molecule has 7 aromatic rings. The highest BCUT2D eigenvalue weighted by Gasteiger charge is 2.37. The maximum atomic E-state index is 6.38. The molecule has 46 heavy (non-hydrogen) atoms. The molecule has 0 saturated carbocycles. The predicted octanol–water partition coefficient (Wildman–Crippen LogP) is 11.6. The van der Waals surface area contributed by atoms with Gasteiger partial charge in [0.2, 0.25) is 5.89 Å². The minimum Gasteiger partial charge on any atom is -0.436 e. The second-order valence-electron chi connectivity index (χ2n) is 13.7. The van der Waals surface area contributed by atoms with Gasteiger partial charge in [-0.3, -0.25) is 0 Å². The van der Waals surface area contributed by atoms with Crippen LogP contribution in [0.25, 0.3) is 44.8 Å². The van der Waals surface area contributed by atoms with E-state index in [2.05, 4.69) is 136 Å². The average molecular weight is 595 g/mol. The zero-order valence-electron chi connectivity index (χ0n) is 26.5. The van der Waals surface area contributed by atoms with E-state index in [1.54, 1.807) is 0 Å². The predicted molar refractivity (Wildman–Crippen MR) is 189 cm³/mol. The highest BCUT2D eigenvalue weighted by atomic mass is 16.3. The fraction of sp³-hybridized carbons (Fsp3) is 0.140. The van der Waals surface area contributed by atoms with Gasteiger partial charge in [0, 0.05) is 39.5 Å². The second-order valence-corrected chi connectivity index (χ2v) is 13.7. The summed E-state index contributed by atoms with van der Waals surface area (Å²) in [5, 5.41) is 0. The van der Waals surface area contributed by atoms with Crippen LogP contribution in [-0.2, 0) is 10.8 Å². The Balaban J connectivity index is 1.23. The Hall–Kier alpha value is -5.41. The molecule has 1 aromatic heterocycles. The average Bonchev–Trinajstić information content (AvgIpc) is 3.69. The number of anilines is 3. The van der Waals surface area contributed by atoms with Gasteiger partial charge < -0.3 is 9.32 Å². The van der Waals surface area contributed by atoms with Crippen LogP contribution in [0.1, 0.15) is 49.9 Å².